The molecule has 54 valence electrons. The Bertz CT molecular complexity index is 218. The van der Waals surface area contributed by atoms with Crippen molar-refractivity contribution in [1.29, 1.82) is 0 Å². The summed E-state index contributed by atoms with van der Waals surface area (Å²) in [5, 5.41) is 2.22. The van der Waals surface area contributed by atoms with Crippen molar-refractivity contribution in [2.24, 2.45) is 5.92 Å². The SMILES string of the molecule is C/C=C1\C(=O)NC(=O)C1C. The van der Waals surface area contributed by atoms with E-state index in [1.54, 1.807) is 19.9 Å². The number of allylic oxidation sites excluding steroid dienone is 1. The smallest absolute Gasteiger partial charge is 0.254 e. The first-order valence-electron chi connectivity index (χ1n) is 3.18. The summed E-state index contributed by atoms with van der Waals surface area (Å²) in [4.78, 5) is 21.6. The molecule has 3 nitrogen and oxygen atoms in total. The quantitative estimate of drug-likeness (QED) is 0.385. The molecule has 3 heteroatoms. The molecule has 0 aromatic heterocycles. The molecule has 0 aromatic carbocycles. The second-order valence-corrected chi connectivity index (χ2v) is 2.28. The van der Waals surface area contributed by atoms with Crippen molar-refractivity contribution in [3.05, 3.63) is 11.6 Å². The molecular formula is C7H9NO2. The summed E-state index contributed by atoms with van der Waals surface area (Å²) in [6, 6.07) is 0. The average Bonchev–Trinajstić information content (AvgIpc) is 2.09. The standard InChI is InChI=1S/C7H9NO2/c1-3-5-4(2)6(9)8-7(5)10/h3-4H,1-2H3,(H,8,9,10)/b5-3-. The zero-order valence-electron chi connectivity index (χ0n) is 5.97. The molecule has 1 heterocycles. The first-order valence-corrected chi connectivity index (χ1v) is 3.18. The van der Waals surface area contributed by atoms with Gasteiger partial charge in [-0.3, -0.25) is 14.9 Å². The Balaban J connectivity index is 2.95. The largest absolute Gasteiger partial charge is 0.292 e. The van der Waals surface area contributed by atoms with Crippen LogP contribution in [0.1, 0.15) is 13.8 Å². The lowest BCUT2D eigenvalue weighted by Crippen LogP contribution is -2.21. The number of hydrogen-bond acceptors (Lipinski definition) is 2. The number of nitrogens with one attached hydrogen (secondary N) is 1. The second kappa shape index (κ2) is 2.25. The normalized spacial score (nSPS) is 29.4. The molecular weight excluding hydrogens is 130 g/mol. The van der Waals surface area contributed by atoms with Crippen molar-refractivity contribution in [2.45, 2.75) is 13.8 Å². The summed E-state index contributed by atoms with van der Waals surface area (Å²) in [5.74, 6) is -0.712. The molecule has 1 aliphatic rings. The number of hydrogen-bond donors (Lipinski definition) is 1. The molecule has 1 fully saturated rings. The Morgan fingerprint density at radius 1 is 1.50 bits per heavy atom. The van der Waals surface area contributed by atoms with E-state index < -0.39 is 0 Å². The number of carbonyl (C=O) groups excluding carboxylic acids is 2. The molecule has 0 bridgehead atoms. The van der Waals surface area contributed by atoms with Gasteiger partial charge in [0.25, 0.3) is 5.91 Å². The van der Waals surface area contributed by atoms with Gasteiger partial charge in [-0.2, -0.15) is 0 Å². The monoisotopic (exact) mass is 139 g/mol. The van der Waals surface area contributed by atoms with Crippen LogP contribution >= 0.6 is 0 Å². The maximum Gasteiger partial charge on any atom is 0.254 e. The number of carbonyl (C=O) groups is 2. The minimum Gasteiger partial charge on any atom is -0.292 e. The van der Waals surface area contributed by atoms with E-state index in [0.29, 0.717) is 5.57 Å². The third-order valence-electron chi connectivity index (χ3n) is 1.67. The lowest BCUT2D eigenvalue weighted by molar-refractivity contribution is -0.125. The fourth-order valence-corrected chi connectivity index (χ4v) is 1.01. The first kappa shape index (κ1) is 6.99. The minimum atomic E-state index is -0.266. The average molecular weight is 139 g/mol. The predicted octanol–water partition coefficient (Wildman–Crippen LogP) is 0.225. The Kier molecular flexibility index (Phi) is 1.57. The predicted molar refractivity (Wildman–Crippen MR) is 36.1 cm³/mol. The highest BCUT2D eigenvalue weighted by atomic mass is 16.2. The van der Waals surface area contributed by atoms with Crippen LogP contribution in [0.3, 0.4) is 0 Å². The van der Waals surface area contributed by atoms with Crippen LogP contribution in [0.15, 0.2) is 11.6 Å². The fraction of sp³-hybridized carbons (Fsp3) is 0.429. The number of amides is 2. The van der Waals surface area contributed by atoms with Gasteiger partial charge in [-0.05, 0) is 13.8 Å². The van der Waals surface area contributed by atoms with Gasteiger partial charge in [-0.15, -0.1) is 0 Å². The minimum absolute atomic E-state index is 0.196. The molecule has 1 rings (SSSR count). The van der Waals surface area contributed by atoms with Crippen LogP contribution in [0.2, 0.25) is 0 Å². The van der Waals surface area contributed by atoms with Crippen LogP contribution in [0.5, 0.6) is 0 Å². The lowest BCUT2D eigenvalue weighted by atomic mass is 10.0. The van der Waals surface area contributed by atoms with E-state index in [0.717, 1.165) is 0 Å². The van der Waals surface area contributed by atoms with Gasteiger partial charge in [0.2, 0.25) is 5.91 Å². The van der Waals surface area contributed by atoms with E-state index in [1.165, 1.54) is 0 Å². The maximum absolute atomic E-state index is 10.8. The van der Waals surface area contributed by atoms with Crippen molar-refractivity contribution in [3.8, 4) is 0 Å². The number of imide groups is 1. The van der Waals surface area contributed by atoms with Gasteiger partial charge in [-0.1, -0.05) is 6.08 Å². The third-order valence-corrected chi connectivity index (χ3v) is 1.67. The van der Waals surface area contributed by atoms with Crippen LogP contribution in [-0.4, -0.2) is 11.8 Å². The van der Waals surface area contributed by atoms with Gasteiger partial charge < -0.3 is 0 Å². The molecule has 2 amide bonds. The maximum atomic E-state index is 10.8. The Hall–Kier alpha value is -1.12. The molecule has 10 heavy (non-hydrogen) atoms. The van der Waals surface area contributed by atoms with Crippen molar-refractivity contribution in [3.63, 3.8) is 0 Å². The van der Waals surface area contributed by atoms with Crippen molar-refractivity contribution >= 4 is 11.8 Å². The molecule has 0 spiro atoms. The zero-order chi connectivity index (χ0) is 7.72. The Morgan fingerprint density at radius 2 is 2.10 bits per heavy atom. The topological polar surface area (TPSA) is 46.2 Å². The van der Waals surface area contributed by atoms with Gasteiger partial charge in [0, 0.05) is 5.57 Å². The van der Waals surface area contributed by atoms with Crippen molar-refractivity contribution in [2.75, 3.05) is 0 Å². The van der Waals surface area contributed by atoms with Crippen molar-refractivity contribution < 1.29 is 9.59 Å². The van der Waals surface area contributed by atoms with Gasteiger partial charge in [0.05, 0.1) is 5.92 Å². The second-order valence-electron chi connectivity index (χ2n) is 2.28. The molecule has 0 aromatic rings. The van der Waals surface area contributed by atoms with E-state index in [4.69, 9.17) is 0 Å². The molecule has 0 saturated carbocycles. The third kappa shape index (κ3) is 0.835. The van der Waals surface area contributed by atoms with Gasteiger partial charge in [0.1, 0.15) is 0 Å². The summed E-state index contributed by atoms with van der Waals surface area (Å²) in [6.07, 6.45) is 1.67. The summed E-state index contributed by atoms with van der Waals surface area (Å²) in [6.45, 7) is 3.47. The van der Waals surface area contributed by atoms with Gasteiger partial charge >= 0.3 is 0 Å². The highest BCUT2D eigenvalue weighted by molar-refractivity contribution is 6.14. The van der Waals surface area contributed by atoms with E-state index in [2.05, 4.69) is 5.32 Å². The van der Waals surface area contributed by atoms with Crippen LogP contribution < -0.4 is 5.32 Å². The van der Waals surface area contributed by atoms with Crippen LogP contribution in [0, 0.1) is 5.92 Å². The molecule has 1 N–H and O–H groups in total. The molecule has 1 aliphatic heterocycles. The van der Waals surface area contributed by atoms with E-state index in [-0.39, 0.29) is 17.7 Å². The highest BCUT2D eigenvalue weighted by Gasteiger charge is 2.31. The van der Waals surface area contributed by atoms with Crippen LogP contribution in [-0.2, 0) is 9.59 Å². The van der Waals surface area contributed by atoms with E-state index in [1.807, 2.05) is 0 Å². The molecule has 0 aliphatic carbocycles. The van der Waals surface area contributed by atoms with E-state index in [9.17, 15) is 9.59 Å². The Labute approximate surface area is 59.1 Å². The summed E-state index contributed by atoms with van der Waals surface area (Å²) in [5.41, 5.74) is 0.574. The Morgan fingerprint density at radius 3 is 2.30 bits per heavy atom. The molecule has 1 atom stereocenters. The van der Waals surface area contributed by atoms with Crippen LogP contribution in [0.25, 0.3) is 0 Å². The van der Waals surface area contributed by atoms with Gasteiger partial charge in [0.15, 0.2) is 0 Å². The lowest BCUT2D eigenvalue weighted by Gasteiger charge is -1.94. The molecule has 1 saturated heterocycles. The number of rotatable bonds is 0. The molecule has 1 unspecified atom stereocenters. The first-order chi connectivity index (χ1) is 4.66. The summed E-state index contributed by atoms with van der Waals surface area (Å²) in [7, 11) is 0. The van der Waals surface area contributed by atoms with Crippen LogP contribution in [0.4, 0.5) is 0 Å². The van der Waals surface area contributed by atoms with E-state index >= 15 is 0 Å². The van der Waals surface area contributed by atoms with Crippen molar-refractivity contribution in [1.82, 2.24) is 5.32 Å². The summed E-state index contributed by atoms with van der Waals surface area (Å²) < 4.78 is 0. The molecule has 0 radical (unpaired) electrons. The fourth-order valence-electron chi connectivity index (χ4n) is 1.01. The van der Waals surface area contributed by atoms with Gasteiger partial charge in [-0.25, -0.2) is 0 Å². The highest BCUT2D eigenvalue weighted by Crippen LogP contribution is 2.16. The zero-order valence-corrected chi connectivity index (χ0v) is 5.97. The summed E-state index contributed by atoms with van der Waals surface area (Å²) >= 11 is 0.